The highest BCUT2D eigenvalue weighted by molar-refractivity contribution is 6.30. The van der Waals surface area contributed by atoms with Gasteiger partial charge in [-0.3, -0.25) is 9.69 Å². The number of benzene rings is 1. The van der Waals surface area contributed by atoms with Gasteiger partial charge in [-0.25, -0.2) is 0 Å². The van der Waals surface area contributed by atoms with Gasteiger partial charge in [-0.05, 0) is 50.0 Å². The largest absolute Gasteiger partial charge is 0.480 e. The summed E-state index contributed by atoms with van der Waals surface area (Å²) in [4.78, 5) is 13.3. The van der Waals surface area contributed by atoms with Crippen molar-refractivity contribution in [3.8, 4) is 0 Å². The average molecular weight is 254 g/mol. The van der Waals surface area contributed by atoms with E-state index in [-0.39, 0.29) is 0 Å². The third-order valence-corrected chi connectivity index (χ3v) is 3.46. The molecule has 1 saturated heterocycles. The van der Waals surface area contributed by atoms with Gasteiger partial charge in [0, 0.05) is 5.02 Å². The van der Waals surface area contributed by atoms with Crippen LogP contribution in [-0.2, 0) is 11.2 Å². The molecule has 3 nitrogen and oxygen atoms in total. The van der Waals surface area contributed by atoms with Gasteiger partial charge in [-0.15, -0.1) is 0 Å². The average Bonchev–Trinajstić information content (AvgIpc) is 2.81. The minimum atomic E-state index is -0.734. The quantitative estimate of drug-likeness (QED) is 0.896. The Morgan fingerprint density at radius 3 is 2.41 bits per heavy atom. The molecule has 2 rings (SSSR count). The fraction of sp³-hybridized carbons (Fsp3) is 0.462. The number of carbonyl (C=O) groups is 1. The lowest BCUT2D eigenvalue weighted by atomic mass is 10.1. The van der Waals surface area contributed by atoms with E-state index >= 15 is 0 Å². The van der Waals surface area contributed by atoms with Gasteiger partial charge in [-0.2, -0.15) is 0 Å². The van der Waals surface area contributed by atoms with E-state index in [0.29, 0.717) is 11.4 Å². The van der Waals surface area contributed by atoms with E-state index < -0.39 is 12.0 Å². The zero-order chi connectivity index (χ0) is 12.3. The lowest BCUT2D eigenvalue weighted by molar-refractivity contribution is -0.142. The van der Waals surface area contributed by atoms with Gasteiger partial charge in [-0.1, -0.05) is 23.7 Å². The molecule has 0 unspecified atom stereocenters. The first kappa shape index (κ1) is 12.4. The molecular weight excluding hydrogens is 238 g/mol. The molecular formula is C13H16ClNO2. The Morgan fingerprint density at radius 1 is 1.29 bits per heavy atom. The van der Waals surface area contributed by atoms with E-state index in [0.717, 1.165) is 31.5 Å². The standard InChI is InChI=1S/C13H16ClNO2/c14-11-5-3-10(4-6-11)9-12(13(16)17)15-7-1-2-8-15/h3-6,12H,1-2,7-9H2,(H,16,17)/t12-/m0/s1. The molecule has 0 radical (unpaired) electrons. The molecule has 4 heteroatoms. The molecule has 0 aliphatic carbocycles. The Balaban J connectivity index is 2.06. The van der Waals surface area contributed by atoms with Crippen LogP contribution in [0.5, 0.6) is 0 Å². The molecule has 1 heterocycles. The number of aliphatic carboxylic acids is 1. The summed E-state index contributed by atoms with van der Waals surface area (Å²) in [6, 6.07) is 7.00. The summed E-state index contributed by atoms with van der Waals surface area (Å²) in [5, 5.41) is 9.96. The van der Waals surface area contributed by atoms with Gasteiger partial charge >= 0.3 is 5.97 Å². The molecule has 17 heavy (non-hydrogen) atoms. The molecule has 1 atom stereocenters. The molecule has 1 fully saturated rings. The van der Waals surface area contributed by atoms with Crippen LogP contribution >= 0.6 is 11.6 Å². The van der Waals surface area contributed by atoms with Crippen LogP contribution < -0.4 is 0 Å². The maximum absolute atomic E-state index is 11.3. The number of nitrogens with zero attached hydrogens (tertiary/aromatic N) is 1. The third kappa shape index (κ3) is 3.20. The van der Waals surface area contributed by atoms with Crippen molar-refractivity contribution in [2.24, 2.45) is 0 Å². The molecule has 0 saturated carbocycles. The monoisotopic (exact) mass is 253 g/mol. The number of rotatable bonds is 4. The zero-order valence-corrected chi connectivity index (χ0v) is 10.4. The Hall–Kier alpha value is -1.06. The summed E-state index contributed by atoms with van der Waals surface area (Å²) >= 11 is 5.81. The third-order valence-electron chi connectivity index (χ3n) is 3.21. The molecule has 0 bridgehead atoms. The Morgan fingerprint density at radius 2 is 1.88 bits per heavy atom. The van der Waals surface area contributed by atoms with Crippen molar-refractivity contribution in [3.05, 3.63) is 34.9 Å². The summed E-state index contributed by atoms with van der Waals surface area (Å²) in [7, 11) is 0. The maximum atomic E-state index is 11.3. The van der Waals surface area contributed by atoms with Crippen molar-refractivity contribution in [3.63, 3.8) is 0 Å². The lowest BCUT2D eigenvalue weighted by Crippen LogP contribution is -2.40. The molecule has 0 aromatic heterocycles. The molecule has 1 aliphatic rings. The molecule has 1 N–H and O–H groups in total. The first-order valence-electron chi connectivity index (χ1n) is 5.88. The highest BCUT2D eigenvalue weighted by Crippen LogP contribution is 2.17. The topological polar surface area (TPSA) is 40.5 Å². The Bertz CT molecular complexity index is 385. The van der Waals surface area contributed by atoms with Gasteiger partial charge < -0.3 is 5.11 Å². The molecule has 0 spiro atoms. The predicted molar refractivity (Wildman–Crippen MR) is 67.4 cm³/mol. The highest BCUT2D eigenvalue weighted by atomic mass is 35.5. The number of hydrogen-bond acceptors (Lipinski definition) is 2. The van der Waals surface area contributed by atoms with Crippen molar-refractivity contribution in [1.29, 1.82) is 0 Å². The normalized spacial score (nSPS) is 18.2. The van der Waals surface area contributed by atoms with Crippen LogP contribution in [0.3, 0.4) is 0 Å². The molecule has 0 amide bonds. The van der Waals surface area contributed by atoms with Gasteiger partial charge in [0.1, 0.15) is 6.04 Å². The number of hydrogen-bond donors (Lipinski definition) is 1. The van der Waals surface area contributed by atoms with Crippen molar-refractivity contribution < 1.29 is 9.90 Å². The fourth-order valence-electron chi connectivity index (χ4n) is 2.27. The van der Waals surface area contributed by atoms with Crippen molar-refractivity contribution in [2.45, 2.75) is 25.3 Å². The molecule has 92 valence electrons. The second-order valence-corrected chi connectivity index (χ2v) is 4.86. The second-order valence-electron chi connectivity index (χ2n) is 4.43. The number of likely N-dealkylation sites (tertiary alicyclic amines) is 1. The maximum Gasteiger partial charge on any atom is 0.321 e. The van der Waals surface area contributed by atoms with Gasteiger partial charge in [0.05, 0.1) is 0 Å². The van der Waals surface area contributed by atoms with Gasteiger partial charge in [0.25, 0.3) is 0 Å². The summed E-state index contributed by atoms with van der Waals surface area (Å²) in [6.07, 6.45) is 2.75. The van der Waals surface area contributed by atoms with Crippen molar-refractivity contribution in [1.82, 2.24) is 4.90 Å². The first-order valence-corrected chi connectivity index (χ1v) is 6.26. The number of carboxylic acids is 1. The summed E-state index contributed by atoms with van der Waals surface area (Å²) in [5.41, 5.74) is 1.02. The van der Waals surface area contributed by atoms with E-state index in [1.54, 1.807) is 12.1 Å². The van der Waals surface area contributed by atoms with Crippen LogP contribution in [0.15, 0.2) is 24.3 Å². The lowest BCUT2D eigenvalue weighted by Gasteiger charge is -2.23. The highest BCUT2D eigenvalue weighted by Gasteiger charge is 2.27. The number of halogens is 1. The van der Waals surface area contributed by atoms with Gasteiger partial charge in [0.15, 0.2) is 0 Å². The van der Waals surface area contributed by atoms with Crippen LogP contribution in [0.1, 0.15) is 18.4 Å². The number of carboxylic acid groups (broad SMARTS) is 1. The van der Waals surface area contributed by atoms with E-state index in [2.05, 4.69) is 4.90 Å². The zero-order valence-electron chi connectivity index (χ0n) is 9.60. The summed E-state index contributed by atoms with van der Waals surface area (Å²) < 4.78 is 0. The molecule has 1 aromatic carbocycles. The van der Waals surface area contributed by atoms with Crippen LogP contribution in [0.25, 0.3) is 0 Å². The van der Waals surface area contributed by atoms with Gasteiger partial charge in [0.2, 0.25) is 0 Å². The summed E-state index contributed by atoms with van der Waals surface area (Å²) in [5.74, 6) is -0.734. The van der Waals surface area contributed by atoms with E-state index in [1.807, 2.05) is 12.1 Å². The van der Waals surface area contributed by atoms with Crippen molar-refractivity contribution in [2.75, 3.05) is 13.1 Å². The Kier molecular flexibility index (Phi) is 4.02. The van der Waals surface area contributed by atoms with E-state index in [1.165, 1.54) is 0 Å². The minimum absolute atomic E-state index is 0.404. The van der Waals surface area contributed by atoms with Crippen molar-refractivity contribution >= 4 is 17.6 Å². The first-order chi connectivity index (χ1) is 8.16. The minimum Gasteiger partial charge on any atom is -0.480 e. The second kappa shape index (κ2) is 5.52. The van der Waals surface area contributed by atoms with Crippen LogP contribution in [0.2, 0.25) is 5.02 Å². The Labute approximate surface area is 106 Å². The fourth-order valence-corrected chi connectivity index (χ4v) is 2.40. The van der Waals surface area contributed by atoms with Crippen LogP contribution in [0, 0.1) is 0 Å². The van der Waals surface area contributed by atoms with E-state index in [4.69, 9.17) is 11.6 Å². The summed E-state index contributed by atoms with van der Waals surface area (Å²) in [6.45, 7) is 1.79. The van der Waals surface area contributed by atoms with Crippen LogP contribution in [0.4, 0.5) is 0 Å². The van der Waals surface area contributed by atoms with Crippen LogP contribution in [-0.4, -0.2) is 35.1 Å². The molecule has 1 aliphatic heterocycles. The van der Waals surface area contributed by atoms with E-state index in [9.17, 15) is 9.90 Å². The SMILES string of the molecule is O=C(O)[C@H](Cc1ccc(Cl)cc1)N1CCCC1. The smallest absolute Gasteiger partial charge is 0.321 e. The molecule has 1 aromatic rings. The predicted octanol–water partition coefficient (Wildman–Crippen LogP) is 2.43.